The van der Waals surface area contributed by atoms with E-state index in [0.717, 1.165) is 31.4 Å². The molecule has 0 aliphatic heterocycles. The first-order chi connectivity index (χ1) is 9.20. The van der Waals surface area contributed by atoms with E-state index in [0.29, 0.717) is 6.10 Å². The van der Waals surface area contributed by atoms with Crippen LogP contribution in [0.25, 0.3) is 0 Å². The number of rotatable bonds is 5. The van der Waals surface area contributed by atoms with E-state index in [4.69, 9.17) is 15.2 Å². The molecule has 4 atom stereocenters. The summed E-state index contributed by atoms with van der Waals surface area (Å²) in [6.45, 7) is 1.97. The largest absolute Gasteiger partial charge is 0.381 e. The van der Waals surface area contributed by atoms with E-state index in [-0.39, 0.29) is 18.2 Å². The molecule has 1 aliphatic carbocycles. The van der Waals surface area contributed by atoms with E-state index in [1.807, 2.05) is 25.1 Å². The third kappa shape index (κ3) is 4.00. The van der Waals surface area contributed by atoms with E-state index in [1.54, 1.807) is 13.3 Å². The molecule has 19 heavy (non-hydrogen) atoms. The molecule has 106 valence electrons. The zero-order chi connectivity index (χ0) is 13.7. The number of nitrogens with zero attached hydrogens (tertiary/aromatic N) is 1. The molecule has 1 aliphatic rings. The Balaban J connectivity index is 2.01. The summed E-state index contributed by atoms with van der Waals surface area (Å²) in [6.07, 6.45) is 6.49. The first kappa shape index (κ1) is 14.4. The first-order valence-corrected chi connectivity index (χ1v) is 7.05. The van der Waals surface area contributed by atoms with Crippen LogP contribution in [0.4, 0.5) is 0 Å². The van der Waals surface area contributed by atoms with Gasteiger partial charge in [0.2, 0.25) is 0 Å². The summed E-state index contributed by atoms with van der Waals surface area (Å²) in [5, 5.41) is 0. The molecule has 0 aromatic carbocycles. The highest BCUT2D eigenvalue weighted by atomic mass is 16.5. The van der Waals surface area contributed by atoms with Gasteiger partial charge in [-0.25, -0.2) is 0 Å². The van der Waals surface area contributed by atoms with Gasteiger partial charge in [-0.2, -0.15) is 0 Å². The number of aromatic nitrogens is 1. The molecular weight excluding hydrogens is 240 g/mol. The molecule has 1 saturated carbocycles. The van der Waals surface area contributed by atoms with Crippen LogP contribution in [0.15, 0.2) is 24.4 Å². The van der Waals surface area contributed by atoms with Crippen molar-refractivity contribution in [3.8, 4) is 0 Å². The quantitative estimate of drug-likeness (QED) is 0.887. The van der Waals surface area contributed by atoms with Gasteiger partial charge in [0.25, 0.3) is 0 Å². The monoisotopic (exact) mass is 264 g/mol. The van der Waals surface area contributed by atoms with Crippen molar-refractivity contribution >= 4 is 0 Å². The van der Waals surface area contributed by atoms with Crippen molar-refractivity contribution < 1.29 is 9.47 Å². The number of methoxy groups -OCH3 is 1. The van der Waals surface area contributed by atoms with Crippen LogP contribution in [0.2, 0.25) is 0 Å². The van der Waals surface area contributed by atoms with Gasteiger partial charge in [0.05, 0.1) is 17.9 Å². The lowest BCUT2D eigenvalue weighted by Gasteiger charge is -2.32. The Labute approximate surface area is 115 Å². The van der Waals surface area contributed by atoms with E-state index < -0.39 is 0 Å². The standard InChI is InChI=1S/C15H24N2O2/c1-11(16)15(14-8-3-4-9-17-14)19-13-7-5-6-12(10-13)18-2/h3-4,8-9,11-13,15H,5-7,10,16H2,1-2H3. The predicted octanol–water partition coefficient (Wildman–Crippen LogP) is 2.44. The number of hydrogen-bond acceptors (Lipinski definition) is 4. The zero-order valence-corrected chi connectivity index (χ0v) is 11.8. The van der Waals surface area contributed by atoms with Crippen LogP contribution in [0.3, 0.4) is 0 Å². The van der Waals surface area contributed by atoms with Gasteiger partial charge >= 0.3 is 0 Å². The van der Waals surface area contributed by atoms with Crippen LogP contribution in [-0.4, -0.2) is 30.3 Å². The third-order valence-corrected chi connectivity index (χ3v) is 3.71. The lowest BCUT2D eigenvalue weighted by atomic mass is 9.94. The van der Waals surface area contributed by atoms with Crippen molar-refractivity contribution in [2.75, 3.05) is 7.11 Å². The summed E-state index contributed by atoms with van der Waals surface area (Å²) in [5.41, 5.74) is 6.97. The van der Waals surface area contributed by atoms with Crippen molar-refractivity contribution in [1.82, 2.24) is 4.98 Å². The van der Waals surface area contributed by atoms with Crippen LogP contribution in [0.1, 0.15) is 44.4 Å². The fourth-order valence-electron chi connectivity index (χ4n) is 2.65. The molecule has 1 aromatic rings. The average molecular weight is 264 g/mol. The van der Waals surface area contributed by atoms with Gasteiger partial charge in [-0.05, 0) is 44.7 Å². The maximum atomic E-state index is 6.20. The molecule has 0 saturated heterocycles. The molecule has 0 spiro atoms. The molecular formula is C15H24N2O2. The van der Waals surface area contributed by atoms with Crippen molar-refractivity contribution in [1.29, 1.82) is 0 Å². The minimum atomic E-state index is -0.137. The maximum absolute atomic E-state index is 6.20. The Morgan fingerprint density at radius 3 is 2.74 bits per heavy atom. The second-order valence-corrected chi connectivity index (χ2v) is 5.32. The second kappa shape index (κ2) is 6.98. The van der Waals surface area contributed by atoms with Crippen molar-refractivity contribution in [3.05, 3.63) is 30.1 Å². The Hall–Kier alpha value is -0.970. The van der Waals surface area contributed by atoms with E-state index in [1.165, 1.54) is 0 Å². The topological polar surface area (TPSA) is 57.4 Å². The normalized spacial score (nSPS) is 26.9. The molecule has 4 nitrogen and oxygen atoms in total. The highest BCUT2D eigenvalue weighted by Crippen LogP contribution is 2.28. The van der Waals surface area contributed by atoms with Crippen LogP contribution < -0.4 is 5.73 Å². The molecule has 0 amide bonds. The smallest absolute Gasteiger partial charge is 0.115 e. The highest BCUT2D eigenvalue weighted by molar-refractivity contribution is 5.09. The molecule has 4 heteroatoms. The lowest BCUT2D eigenvalue weighted by molar-refractivity contribution is -0.0739. The summed E-state index contributed by atoms with van der Waals surface area (Å²) in [4.78, 5) is 4.37. The van der Waals surface area contributed by atoms with Gasteiger partial charge in [0, 0.05) is 19.3 Å². The minimum Gasteiger partial charge on any atom is -0.381 e. The fraction of sp³-hybridized carbons (Fsp3) is 0.667. The molecule has 1 heterocycles. The summed E-state index contributed by atoms with van der Waals surface area (Å²) in [6, 6.07) is 5.78. The number of hydrogen-bond donors (Lipinski definition) is 1. The Kier molecular flexibility index (Phi) is 5.31. The molecule has 1 fully saturated rings. The summed E-state index contributed by atoms with van der Waals surface area (Å²) in [5.74, 6) is 0. The number of nitrogens with two attached hydrogens (primary N) is 1. The average Bonchev–Trinajstić information content (AvgIpc) is 2.45. The van der Waals surface area contributed by atoms with Gasteiger partial charge in [0.15, 0.2) is 0 Å². The van der Waals surface area contributed by atoms with E-state index in [9.17, 15) is 0 Å². The molecule has 2 N–H and O–H groups in total. The molecule has 0 bridgehead atoms. The van der Waals surface area contributed by atoms with Crippen molar-refractivity contribution in [2.24, 2.45) is 5.73 Å². The Bertz CT molecular complexity index is 370. The van der Waals surface area contributed by atoms with Crippen molar-refractivity contribution in [3.63, 3.8) is 0 Å². The maximum Gasteiger partial charge on any atom is 0.115 e. The lowest BCUT2D eigenvalue weighted by Crippen LogP contribution is -2.34. The van der Waals surface area contributed by atoms with Crippen LogP contribution in [-0.2, 0) is 9.47 Å². The predicted molar refractivity (Wildman–Crippen MR) is 74.8 cm³/mol. The van der Waals surface area contributed by atoms with Gasteiger partial charge in [-0.3, -0.25) is 4.98 Å². The fourth-order valence-corrected chi connectivity index (χ4v) is 2.65. The highest BCUT2D eigenvalue weighted by Gasteiger charge is 2.27. The third-order valence-electron chi connectivity index (χ3n) is 3.71. The van der Waals surface area contributed by atoms with Gasteiger partial charge in [0.1, 0.15) is 6.10 Å². The van der Waals surface area contributed by atoms with Crippen LogP contribution in [0.5, 0.6) is 0 Å². The molecule has 2 rings (SSSR count). The molecule has 1 aromatic heterocycles. The van der Waals surface area contributed by atoms with Gasteiger partial charge < -0.3 is 15.2 Å². The number of pyridine rings is 1. The minimum absolute atomic E-state index is 0.0715. The van der Waals surface area contributed by atoms with Crippen LogP contribution in [0, 0.1) is 0 Å². The van der Waals surface area contributed by atoms with Gasteiger partial charge in [-0.15, -0.1) is 0 Å². The SMILES string of the molecule is COC1CCCC(OC(c2ccccn2)C(C)N)C1. The first-order valence-electron chi connectivity index (χ1n) is 7.05. The Morgan fingerprint density at radius 1 is 1.32 bits per heavy atom. The van der Waals surface area contributed by atoms with Gasteiger partial charge in [-0.1, -0.05) is 6.07 Å². The molecule has 4 unspecified atom stereocenters. The Morgan fingerprint density at radius 2 is 2.11 bits per heavy atom. The summed E-state index contributed by atoms with van der Waals surface area (Å²) < 4.78 is 11.6. The zero-order valence-electron chi connectivity index (χ0n) is 11.8. The van der Waals surface area contributed by atoms with Crippen LogP contribution >= 0.6 is 0 Å². The van der Waals surface area contributed by atoms with E-state index in [2.05, 4.69) is 4.98 Å². The van der Waals surface area contributed by atoms with Crippen molar-refractivity contribution in [2.45, 2.75) is 57.0 Å². The summed E-state index contributed by atoms with van der Waals surface area (Å²) >= 11 is 0. The second-order valence-electron chi connectivity index (χ2n) is 5.32. The summed E-state index contributed by atoms with van der Waals surface area (Å²) in [7, 11) is 1.77. The van der Waals surface area contributed by atoms with E-state index >= 15 is 0 Å². The molecule has 0 radical (unpaired) electrons. The number of ether oxygens (including phenoxy) is 2.